The number of halogens is 1. The van der Waals surface area contributed by atoms with Crippen molar-refractivity contribution in [2.24, 2.45) is 0 Å². The first-order valence-corrected chi connectivity index (χ1v) is 9.78. The molecule has 1 saturated heterocycles. The van der Waals surface area contributed by atoms with Crippen LogP contribution in [0.3, 0.4) is 0 Å². The Morgan fingerprint density at radius 3 is 2.34 bits per heavy atom. The number of carbonyl (C=O) groups is 2. The first-order chi connectivity index (χ1) is 14.1. The van der Waals surface area contributed by atoms with E-state index in [0.717, 1.165) is 21.9 Å². The Balaban J connectivity index is 1.27. The summed E-state index contributed by atoms with van der Waals surface area (Å²) in [6.07, 6.45) is 0. The normalized spacial score (nSPS) is 14.7. The largest absolute Gasteiger partial charge is 0.351 e. The van der Waals surface area contributed by atoms with Crippen molar-refractivity contribution >= 4 is 45.4 Å². The molecular formula is C21H18ClN5O2. The van der Waals surface area contributed by atoms with Crippen molar-refractivity contribution < 1.29 is 9.59 Å². The number of hydrogen-bond donors (Lipinski definition) is 2. The molecule has 1 aliphatic heterocycles. The Morgan fingerprint density at radius 2 is 1.59 bits per heavy atom. The Hall–Kier alpha value is -3.32. The summed E-state index contributed by atoms with van der Waals surface area (Å²) in [6, 6.07) is 14.8. The van der Waals surface area contributed by atoms with Crippen molar-refractivity contribution in [1.29, 1.82) is 0 Å². The Kier molecular flexibility index (Phi) is 4.24. The number of para-hydroxylation sites is 2. The predicted molar refractivity (Wildman–Crippen MR) is 111 cm³/mol. The molecule has 2 aromatic carbocycles. The molecule has 8 heteroatoms. The van der Waals surface area contributed by atoms with E-state index in [1.54, 1.807) is 15.9 Å². The van der Waals surface area contributed by atoms with E-state index >= 15 is 0 Å². The summed E-state index contributed by atoms with van der Waals surface area (Å²) in [7, 11) is 0. The maximum Gasteiger partial charge on any atom is 0.289 e. The van der Waals surface area contributed by atoms with Gasteiger partial charge >= 0.3 is 0 Å². The molecule has 29 heavy (non-hydrogen) atoms. The van der Waals surface area contributed by atoms with Crippen LogP contribution in [0, 0.1) is 0 Å². The monoisotopic (exact) mass is 407 g/mol. The molecular weight excluding hydrogens is 390 g/mol. The predicted octanol–water partition coefficient (Wildman–Crippen LogP) is 3.30. The van der Waals surface area contributed by atoms with Crippen molar-refractivity contribution in [3.8, 4) is 0 Å². The van der Waals surface area contributed by atoms with Gasteiger partial charge in [-0.25, -0.2) is 4.98 Å². The second kappa shape index (κ2) is 6.93. The van der Waals surface area contributed by atoms with E-state index in [1.807, 2.05) is 42.5 Å². The molecule has 0 radical (unpaired) electrons. The highest BCUT2D eigenvalue weighted by atomic mass is 35.5. The van der Waals surface area contributed by atoms with Crippen molar-refractivity contribution in [3.05, 3.63) is 65.1 Å². The molecule has 1 aliphatic rings. The van der Waals surface area contributed by atoms with Gasteiger partial charge in [-0.1, -0.05) is 23.7 Å². The van der Waals surface area contributed by atoms with Crippen LogP contribution in [0.15, 0.2) is 48.5 Å². The molecule has 2 aromatic heterocycles. The maximum atomic E-state index is 12.9. The van der Waals surface area contributed by atoms with Gasteiger partial charge in [0, 0.05) is 42.1 Å². The number of hydrogen-bond acceptors (Lipinski definition) is 3. The minimum atomic E-state index is -0.145. The second-order valence-corrected chi connectivity index (χ2v) is 7.54. The lowest BCUT2D eigenvalue weighted by Gasteiger charge is -2.34. The average Bonchev–Trinajstić information content (AvgIpc) is 3.36. The standard InChI is InChI=1S/C21H18ClN5O2/c22-14-5-6-15-13(11-14)12-18(23-15)20(28)26-7-9-27(10-8-26)21(29)19-24-16-3-1-2-4-17(16)25-19/h1-6,11-12,23H,7-10H2,(H,24,25). The molecule has 1 fully saturated rings. The number of nitrogens with one attached hydrogen (secondary N) is 2. The zero-order valence-corrected chi connectivity index (χ0v) is 16.2. The molecule has 0 atom stereocenters. The third kappa shape index (κ3) is 3.23. The topological polar surface area (TPSA) is 85.1 Å². The number of aromatic nitrogens is 3. The van der Waals surface area contributed by atoms with E-state index in [0.29, 0.717) is 42.7 Å². The summed E-state index contributed by atoms with van der Waals surface area (Å²) < 4.78 is 0. The number of nitrogens with zero attached hydrogens (tertiary/aromatic N) is 3. The van der Waals surface area contributed by atoms with E-state index in [9.17, 15) is 9.59 Å². The first-order valence-electron chi connectivity index (χ1n) is 9.40. The lowest BCUT2D eigenvalue weighted by atomic mass is 10.2. The molecule has 0 saturated carbocycles. The van der Waals surface area contributed by atoms with Gasteiger partial charge in [0.15, 0.2) is 5.82 Å². The summed E-state index contributed by atoms with van der Waals surface area (Å²) >= 11 is 6.02. The first kappa shape index (κ1) is 17.8. The molecule has 146 valence electrons. The molecule has 5 rings (SSSR count). The minimum Gasteiger partial charge on any atom is -0.351 e. The van der Waals surface area contributed by atoms with Crippen LogP contribution in [0.1, 0.15) is 21.1 Å². The smallest absolute Gasteiger partial charge is 0.289 e. The summed E-state index contributed by atoms with van der Waals surface area (Å²) in [6.45, 7) is 1.88. The van der Waals surface area contributed by atoms with Crippen LogP contribution in [0.2, 0.25) is 5.02 Å². The van der Waals surface area contributed by atoms with Gasteiger partial charge in [0.05, 0.1) is 11.0 Å². The molecule has 0 aliphatic carbocycles. The van der Waals surface area contributed by atoms with Crippen LogP contribution in [-0.4, -0.2) is 62.7 Å². The van der Waals surface area contributed by atoms with Crippen molar-refractivity contribution in [3.63, 3.8) is 0 Å². The fourth-order valence-electron chi connectivity index (χ4n) is 3.71. The van der Waals surface area contributed by atoms with Crippen molar-refractivity contribution in [1.82, 2.24) is 24.8 Å². The lowest BCUT2D eigenvalue weighted by molar-refractivity contribution is 0.0527. The van der Waals surface area contributed by atoms with Crippen molar-refractivity contribution in [2.75, 3.05) is 26.2 Å². The number of rotatable bonds is 2. The van der Waals surface area contributed by atoms with Gasteiger partial charge in [-0.2, -0.15) is 0 Å². The van der Waals surface area contributed by atoms with E-state index < -0.39 is 0 Å². The van der Waals surface area contributed by atoms with Crippen LogP contribution >= 0.6 is 11.6 Å². The Bertz CT molecular complexity index is 1200. The molecule has 7 nitrogen and oxygen atoms in total. The summed E-state index contributed by atoms with van der Waals surface area (Å²) in [5.41, 5.74) is 3.00. The van der Waals surface area contributed by atoms with Crippen LogP contribution in [0.4, 0.5) is 0 Å². The van der Waals surface area contributed by atoms with E-state index in [1.165, 1.54) is 0 Å². The number of imidazole rings is 1. The molecule has 0 bridgehead atoms. The van der Waals surface area contributed by atoms with Gasteiger partial charge in [0.25, 0.3) is 11.8 Å². The van der Waals surface area contributed by atoms with Crippen LogP contribution < -0.4 is 0 Å². The van der Waals surface area contributed by atoms with Gasteiger partial charge in [-0.05, 0) is 36.4 Å². The minimum absolute atomic E-state index is 0.0758. The molecule has 3 heterocycles. The number of aromatic amines is 2. The molecule has 0 unspecified atom stereocenters. The second-order valence-electron chi connectivity index (χ2n) is 7.10. The summed E-state index contributed by atoms with van der Waals surface area (Å²) in [4.78, 5) is 39.7. The number of fused-ring (bicyclic) bond motifs is 2. The van der Waals surface area contributed by atoms with E-state index in [2.05, 4.69) is 15.0 Å². The number of amides is 2. The number of carbonyl (C=O) groups excluding carboxylic acids is 2. The van der Waals surface area contributed by atoms with Gasteiger partial charge in [-0.3, -0.25) is 9.59 Å². The zero-order valence-electron chi connectivity index (χ0n) is 15.5. The fourth-order valence-corrected chi connectivity index (χ4v) is 3.89. The average molecular weight is 408 g/mol. The highest BCUT2D eigenvalue weighted by molar-refractivity contribution is 6.31. The van der Waals surface area contributed by atoms with Gasteiger partial charge in [-0.15, -0.1) is 0 Å². The molecule has 2 N–H and O–H groups in total. The maximum absolute atomic E-state index is 12.9. The number of benzene rings is 2. The molecule has 4 aromatic rings. The molecule has 2 amide bonds. The Morgan fingerprint density at radius 1 is 0.862 bits per heavy atom. The number of piperazine rings is 1. The Labute approximate surface area is 171 Å². The number of H-pyrrole nitrogens is 2. The van der Waals surface area contributed by atoms with E-state index in [4.69, 9.17) is 11.6 Å². The fraction of sp³-hybridized carbons (Fsp3) is 0.190. The zero-order chi connectivity index (χ0) is 20.0. The van der Waals surface area contributed by atoms with Gasteiger partial charge in [0.2, 0.25) is 0 Å². The molecule has 0 spiro atoms. The quantitative estimate of drug-likeness (QED) is 0.534. The van der Waals surface area contributed by atoms with Crippen LogP contribution in [-0.2, 0) is 0 Å². The summed E-state index contributed by atoms with van der Waals surface area (Å²) in [5, 5.41) is 1.53. The SMILES string of the molecule is O=C(c1cc2cc(Cl)ccc2[nH]1)N1CCN(C(=O)c2nc3ccccc3[nH]2)CC1. The summed E-state index contributed by atoms with van der Waals surface area (Å²) in [5.74, 6) is 0.111. The highest BCUT2D eigenvalue weighted by Crippen LogP contribution is 2.21. The third-order valence-electron chi connectivity index (χ3n) is 5.26. The van der Waals surface area contributed by atoms with Gasteiger partial charge < -0.3 is 19.8 Å². The third-order valence-corrected chi connectivity index (χ3v) is 5.49. The lowest BCUT2D eigenvalue weighted by Crippen LogP contribution is -2.50. The van der Waals surface area contributed by atoms with E-state index in [-0.39, 0.29) is 11.8 Å². The van der Waals surface area contributed by atoms with Gasteiger partial charge in [0.1, 0.15) is 5.69 Å². The van der Waals surface area contributed by atoms with Crippen LogP contribution in [0.5, 0.6) is 0 Å². The van der Waals surface area contributed by atoms with Crippen LogP contribution in [0.25, 0.3) is 21.9 Å². The van der Waals surface area contributed by atoms with Crippen molar-refractivity contribution in [2.45, 2.75) is 0 Å². The highest BCUT2D eigenvalue weighted by Gasteiger charge is 2.27.